The second kappa shape index (κ2) is 7.81. The molecule has 0 aromatic carbocycles. The van der Waals surface area contributed by atoms with Crippen molar-refractivity contribution in [2.75, 3.05) is 6.54 Å². The van der Waals surface area contributed by atoms with E-state index in [4.69, 9.17) is 5.73 Å². The molecule has 2 heterocycles. The van der Waals surface area contributed by atoms with Gasteiger partial charge in [0, 0.05) is 24.8 Å². The van der Waals surface area contributed by atoms with E-state index < -0.39 is 0 Å². The Balaban J connectivity index is 0.00000288. The Hall–Kier alpha value is -1.86. The van der Waals surface area contributed by atoms with Gasteiger partial charge in [0.25, 0.3) is 5.91 Å². The average Bonchev–Trinajstić information content (AvgIpc) is 3.10. The largest absolute Gasteiger partial charge is 0.344 e. The molecule has 24 heavy (non-hydrogen) atoms. The first-order valence-corrected chi connectivity index (χ1v) is 7.96. The monoisotopic (exact) mass is 354 g/mol. The van der Waals surface area contributed by atoms with E-state index >= 15 is 0 Å². The van der Waals surface area contributed by atoms with Crippen molar-refractivity contribution in [3.63, 3.8) is 0 Å². The number of hydrogen-bond acceptors (Lipinski definition) is 4. The van der Waals surface area contributed by atoms with E-state index in [1.807, 2.05) is 39.4 Å². The Morgan fingerprint density at radius 1 is 1.38 bits per heavy atom. The molecule has 0 unspecified atom stereocenters. The molecular weight excluding hydrogens is 328 g/mol. The van der Waals surface area contributed by atoms with E-state index in [-0.39, 0.29) is 23.9 Å². The van der Waals surface area contributed by atoms with Gasteiger partial charge in [-0.05, 0) is 32.8 Å². The lowest BCUT2D eigenvalue weighted by molar-refractivity contribution is 0.0890. The van der Waals surface area contributed by atoms with Crippen LogP contribution >= 0.6 is 12.4 Å². The van der Waals surface area contributed by atoms with Gasteiger partial charge in [-0.3, -0.25) is 14.6 Å². The third-order valence-electron chi connectivity index (χ3n) is 4.71. The number of H-pyrrole nitrogens is 1. The standard InChI is InChI=1S/C16H26N6O.ClH/c1-6-16(7-2,9-17)18-15(23)13-8-12(19-20-13)14-10(3)21-22(5)11(14)4;/h8H,6-7,9,17H2,1-5H3,(H,18,23)(H,19,20);1H. The van der Waals surface area contributed by atoms with Crippen LogP contribution in [0.25, 0.3) is 11.3 Å². The van der Waals surface area contributed by atoms with Crippen LogP contribution in [0.15, 0.2) is 6.07 Å². The zero-order valence-corrected chi connectivity index (χ0v) is 15.8. The zero-order chi connectivity index (χ0) is 17.2. The maximum absolute atomic E-state index is 12.5. The van der Waals surface area contributed by atoms with Crippen molar-refractivity contribution in [2.24, 2.45) is 12.8 Å². The lowest BCUT2D eigenvalue weighted by Gasteiger charge is -2.31. The lowest BCUT2D eigenvalue weighted by atomic mass is 9.93. The van der Waals surface area contributed by atoms with E-state index in [2.05, 4.69) is 20.6 Å². The van der Waals surface area contributed by atoms with E-state index in [1.165, 1.54) is 0 Å². The summed E-state index contributed by atoms with van der Waals surface area (Å²) >= 11 is 0. The molecule has 2 aromatic rings. The number of hydrogen-bond donors (Lipinski definition) is 3. The van der Waals surface area contributed by atoms with Crippen LogP contribution in [-0.4, -0.2) is 38.0 Å². The summed E-state index contributed by atoms with van der Waals surface area (Å²) in [4.78, 5) is 12.5. The third-order valence-corrected chi connectivity index (χ3v) is 4.71. The molecule has 134 valence electrons. The minimum atomic E-state index is -0.373. The van der Waals surface area contributed by atoms with Crippen LogP contribution in [0.1, 0.15) is 48.6 Å². The number of rotatable bonds is 6. The maximum atomic E-state index is 12.5. The van der Waals surface area contributed by atoms with Gasteiger partial charge < -0.3 is 11.1 Å². The van der Waals surface area contributed by atoms with Crippen LogP contribution in [0.2, 0.25) is 0 Å². The number of aromatic nitrogens is 4. The molecule has 0 saturated carbocycles. The van der Waals surface area contributed by atoms with E-state index in [9.17, 15) is 4.79 Å². The van der Waals surface area contributed by atoms with Gasteiger partial charge in [-0.1, -0.05) is 13.8 Å². The molecule has 7 nitrogen and oxygen atoms in total. The second-order valence-corrected chi connectivity index (χ2v) is 5.98. The molecule has 8 heteroatoms. The average molecular weight is 355 g/mol. The molecular formula is C16H27ClN6O. The van der Waals surface area contributed by atoms with Gasteiger partial charge in [0.05, 0.1) is 16.9 Å². The Labute approximate surface area is 148 Å². The number of halogens is 1. The number of nitrogens with one attached hydrogen (secondary N) is 2. The van der Waals surface area contributed by atoms with Crippen molar-refractivity contribution in [3.8, 4) is 11.3 Å². The number of aryl methyl sites for hydroxylation is 2. The summed E-state index contributed by atoms with van der Waals surface area (Å²) in [6.45, 7) is 8.38. The maximum Gasteiger partial charge on any atom is 0.269 e. The number of carbonyl (C=O) groups is 1. The second-order valence-electron chi connectivity index (χ2n) is 5.98. The van der Waals surface area contributed by atoms with Gasteiger partial charge in [-0.25, -0.2) is 0 Å². The topological polar surface area (TPSA) is 102 Å². The van der Waals surface area contributed by atoms with Crippen LogP contribution in [0.5, 0.6) is 0 Å². The number of nitrogens with zero attached hydrogens (tertiary/aromatic N) is 3. The quantitative estimate of drug-likeness (QED) is 0.739. The highest BCUT2D eigenvalue weighted by atomic mass is 35.5. The van der Waals surface area contributed by atoms with Crippen molar-refractivity contribution in [2.45, 2.75) is 46.1 Å². The van der Waals surface area contributed by atoms with Crippen LogP contribution in [0.4, 0.5) is 0 Å². The molecule has 1 amide bonds. The van der Waals surface area contributed by atoms with Gasteiger partial charge in [0.2, 0.25) is 0 Å². The molecule has 0 aliphatic rings. The molecule has 2 rings (SSSR count). The van der Waals surface area contributed by atoms with E-state index in [1.54, 1.807) is 6.07 Å². The summed E-state index contributed by atoms with van der Waals surface area (Å²) in [5, 5.41) is 14.5. The Morgan fingerprint density at radius 3 is 2.46 bits per heavy atom. The molecule has 2 aromatic heterocycles. The van der Waals surface area contributed by atoms with Crippen molar-refractivity contribution in [1.29, 1.82) is 0 Å². The molecule has 0 bridgehead atoms. The smallest absolute Gasteiger partial charge is 0.269 e. The van der Waals surface area contributed by atoms with Crippen LogP contribution in [-0.2, 0) is 7.05 Å². The minimum Gasteiger partial charge on any atom is -0.344 e. The van der Waals surface area contributed by atoms with Gasteiger partial charge >= 0.3 is 0 Å². The van der Waals surface area contributed by atoms with Crippen LogP contribution in [0, 0.1) is 13.8 Å². The summed E-state index contributed by atoms with van der Waals surface area (Å²) in [6, 6.07) is 1.76. The fraction of sp³-hybridized carbons (Fsp3) is 0.562. The molecule has 0 fully saturated rings. The number of nitrogens with two attached hydrogens (primary N) is 1. The summed E-state index contributed by atoms with van der Waals surface area (Å²) in [6.07, 6.45) is 1.57. The molecule has 0 aliphatic carbocycles. The fourth-order valence-electron chi connectivity index (χ4n) is 2.79. The van der Waals surface area contributed by atoms with Crippen molar-refractivity contribution >= 4 is 18.3 Å². The highest BCUT2D eigenvalue weighted by Gasteiger charge is 2.27. The molecule has 0 atom stereocenters. The first-order valence-electron chi connectivity index (χ1n) is 7.96. The normalized spacial score (nSPS) is 11.2. The van der Waals surface area contributed by atoms with Crippen molar-refractivity contribution < 1.29 is 4.79 Å². The minimum absolute atomic E-state index is 0. The predicted octanol–water partition coefficient (Wildman–Crippen LogP) is 2.10. The Morgan fingerprint density at radius 2 is 2.00 bits per heavy atom. The van der Waals surface area contributed by atoms with E-state index in [0.717, 1.165) is 35.5 Å². The third kappa shape index (κ3) is 3.62. The zero-order valence-electron chi connectivity index (χ0n) is 14.9. The summed E-state index contributed by atoms with van der Waals surface area (Å²) < 4.78 is 1.81. The highest BCUT2D eigenvalue weighted by Crippen LogP contribution is 2.25. The van der Waals surface area contributed by atoms with Gasteiger partial charge in [0.15, 0.2) is 0 Å². The summed E-state index contributed by atoms with van der Waals surface area (Å²) in [5.74, 6) is -0.183. The molecule has 0 aliphatic heterocycles. The lowest BCUT2D eigenvalue weighted by Crippen LogP contribution is -2.52. The number of carbonyl (C=O) groups excluding carboxylic acids is 1. The van der Waals surface area contributed by atoms with Gasteiger partial charge in [-0.2, -0.15) is 10.2 Å². The van der Waals surface area contributed by atoms with Crippen molar-refractivity contribution in [3.05, 3.63) is 23.1 Å². The molecule has 0 radical (unpaired) electrons. The Kier molecular flexibility index (Phi) is 6.57. The SMILES string of the molecule is CCC(CC)(CN)NC(=O)c1cc(-c2c(C)nn(C)c2C)n[nH]1.Cl. The first kappa shape index (κ1) is 20.2. The fourth-order valence-corrected chi connectivity index (χ4v) is 2.79. The van der Waals surface area contributed by atoms with Gasteiger partial charge in [0.1, 0.15) is 5.69 Å². The van der Waals surface area contributed by atoms with E-state index in [0.29, 0.717) is 12.2 Å². The van der Waals surface area contributed by atoms with Crippen LogP contribution in [0.3, 0.4) is 0 Å². The summed E-state index contributed by atoms with van der Waals surface area (Å²) in [5.41, 5.74) is 9.49. The number of aromatic amines is 1. The molecule has 4 N–H and O–H groups in total. The molecule has 0 spiro atoms. The number of amides is 1. The van der Waals surface area contributed by atoms with Crippen LogP contribution < -0.4 is 11.1 Å². The predicted molar refractivity (Wildman–Crippen MR) is 97.3 cm³/mol. The summed E-state index contributed by atoms with van der Waals surface area (Å²) in [7, 11) is 1.89. The highest BCUT2D eigenvalue weighted by molar-refractivity contribution is 5.94. The first-order chi connectivity index (χ1) is 10.9. The molecule has 0 saturated heterocycles. The van der Waals surface area contributed by atoms with Gasteiger partial charge in [-0.15, -0.1) is 12.4 Å². The Bertz CT molecular complexity index is 693. The van der Waals surface area contributed by atoms with Crippen molar-refractivity contribution in [1.82, 2.24) is 25.3 Å².